The Morgan fingerprint density at radius 2 is 1.50 bits per heavy atom. The number of phenolic OH excluding ortho intramolecular Hbond substituents is 1. The monoisotopic (exact) mass is 491 g/mol. The number of aliphatic hydroxyl groups is 1. The number of fused-ring (bicyclic) bond motifs is 1. The van der Waals surface area contributed by atoms with Crippen LogP contribution in [0.3, 0.4) is 0 Å². The van der Waals surface area contributed by atoms with Gasteiger partial charge in [0.1, 0.15) is 17.3 Å². The van der Waals surface area contributed by atoms with Gasteiger partial charge < -0.3 is 20.3 Å². The molecule has 0 atom stereocenters. The molecule has 3 N–H and O–H groups in total. The summed E-state index contributed by atoms with van der Waals surface area (Å²) in [6.45, 7) is -0.378. The van der Waals surface area contributed by atoms with Crippen molar-refractivity contribution in [2.45, 2.75) is 24.5 Å². The lowest BCUT2D eigenvalue weighted by Crippen LogP contribution is -2.53. The van der Waals surface area contributed by atoms with Crippen molar-refractivity contribution >= 4 is 16.7 Å². The maximum absolute atomic E-state index is 13.1. The molecular weight excluding hydrogens is 475 g/mol. The molecule has 0 saturated carbocycles. The van der Waals surface area contributed by atoms with Crippen molar-refractivity contribution in [3.8, 4) is 11.5 Å². The number of nitrogens with one attached hydrogen (secondary N) is 1. The van der Waals surface area contributed by atoms with Gasteiger partial charge in [0.2, 0.25) is 0 Å². The topological polar surface area (TPSA) is 78.8 Å². The largest absolute Gasteiger partial charge is 0.508 e. The average molecular weight is 491 g/mol. The van der Waals surface area contributed by atoms with Crippen molar-refractivity contribution in [3.05, 3.63) is 71.5 Å². The Labute approximate surface area is 187 Å². The summed E-state index contributed by atoms with van der Waals surface area (Å²) >= 11 is 0. The number of hydrogen-bond donors (Lipinski definition) is 3. The Morgan fingerprint density at radius 1 is 0.882 bits per heavy atom. The van der Waals surface area contributed by atoms with Crippen LogP contribution in [-0.2, 0) is 16.9 Å². The van der Waals surface area contributed by atoms with Crippen LogP contribution >= 0.6 is 0 Å². The van der Waals surface area contributed by atoms with E-state index in [2.05, 4.69) is 5.32 Å². The molecule has 0 radical (unpaired) electrons. The van der Waals surface area contributed by atoms with Gasteiger partial charge in [-0.3, -0.25) is 4.79 Å². The lowest BCUT2D eigenvalue weighted by atomic mass is 9.89. The summed E-state index contributed by atoms with van der Waals surface area (Å²) in [5.74, 6) is -2.38. The van der Waals surface area contributed by atoms with Crippen LogP contribution in [0.15, 0.2) is 54.6 Å². The number of aromatic hydroxyl groups is 1. The first-order chi connectivity index (χ1) is 15.7. The minimum absolute atomic E-state index is 0.00262. The average Bonchev–Trinajstić information content (AvgIpc) is 2.74. The van der Waals surface area contributed by atoms with Crippen molar-refractivity contribution in [1.29, 1.82) is 0 Å². The summed E-state index contributed by atoms with van der Waals surface area (Å²) in [4.78, 5) is 11.9. The van der Waals surface area contributed by atoms with Crippen LogP contribution in [0, 0.1) is 5.82 Å². The molecule has 0 heterocycles. The highest BCUT2D eigenvalue weighted by Gasteiger charge is 2.72. The molecule has 0 bridgehead atoms. The minimum atomic E-state index is -6.15. The van der Waals surface area contributed by atoms with E-state index in [1.54, 1.807) is 0 Å². The Hall–Kier alpha value is -3.54. The molecule has 0 fully saturated rings. The van der Waals surface area contributed by atoms with Crippen molar-refractivity contribution in [3.63, 3.8) is 0 Å². The highest BCUT2D eigenvalue weighted by molar-refractivity contribution is 5.87. The molecule has 0 aliphatic carbocycles. The zero-order chi connectivity index (χ0) is 25.3. The number of carbonyl (C=O) groups excluding carboxylic acids is 1. The highest BCUT2D eigenvalue weighted by Crippen LogP contribution is 2.52. The molecule has 3 aromatic carbocycles. The number of benzene rings is 3. The number of rotatable bonds is 6. The standard InChI is InChI=1S/C22H16F7NO4/c23-15-4-1-12(2-5-15)10-30-19(32)11-34-16-6-3-13-8-17(18(31)9-14(13)7-16)20(33,21(24,25)26)22(27,28)29/h1-9,31,33H,10-11H2,(H,30,32). The van der Waals surface area contributed by atoms with E-state index in [1.807, 2.05) is 0 Å². The van der Waals surface area contributed by atoms with E-state index in [0.29, 0.717) is 17.7 Å². The maximum Gasteiger partial charge on any atom is 0.430 e. The summed E-state index contributed by atoms with van der Waals surface area (Å²) in [5, 5.41) is 21.8. The normalized spacial score (nSPS) is 12.6. The van der Waals surface area contributed by atoms with E-state index in [9.17, 15) is 45.7 Å². The molecule has 3 rings (SSSR count). The predicted octanol–water partition coefficient (Wildman–Crippen LogP) is 4.69. The molecule has 0 spiro atoms. The van der Waals surface area contributed by atoms with Gasteiger partial charge in [0.15, 0.2) is 6.61 Å². The van der Waals surface area contributed by atoms with E-state index < -0.39 is 47.6 Å². The molecule has 3 aromatic rings. The van der Waals surface area contributed by atoms with Crippen LogP contribution in [0.1, 0.15) is 11.1 Å². The number of hydrogen-bond acceptors (Lipinski definition) is 4. The van der Waals surface area contributed by atoms with Gasteiger partial charge in [-0.2, -0.15) is 26.3 Å². The number of phenols is 1. The molecule has 5 nitrogen and oxygen atoms in total. The van der Waals surface area contributed by atoms with Crippen molar-refractivity contribution < 1.29 is 50.5 Å². The first kappa shape index (κ1) is 25.1. The van der Waals surface area contributed by atoms with Gasteiger partial charge in [-0.15, -0.1) is 0 Å². The van der Waals surface area contributed by atoms with Crippen LogP contribution in [0.4, 0.5) is 30.7 Å². The van der Waals surface area contributed by atoms with Crippen LogP contribution in [0.2, 0.25) is 0 Å². The second-order valence-corrected chi connectivity index (χ2v) is 7.28. The van der Waals surface area contributed by atoms with E-state index in [1.165, 1.54) is 36.4 Å². The number of amides is 1. The number of carbonyl (C=O) groups is 1. The molecule has 182 valence electrons. The summed E-state index contributed by atoms with van der Waals surface area (Å²) in [6, 6.07) is 9.87. The molecule has 34 heavy (non-hydrogen) atoms. The minimum Gasteiger partial charge on any atom is -0.508 e. The van der Waals surface area contributed by atoms with Crippen LogP contribution in [0.5, 0.6) is 11.5 Å². The highest BCUT2D eigenvalue weighted by atomic mass is 19.4. The van der Waals surface area contributed by atoms with Crippen molar-refractivity contribution in [2.24, 2.45) is 0 Å². The third-order valence-corrected chi connectivity index (χ3v) is 4.91. The van der Waals surface area contributed by atoms with E-state index in [-0.39, 0.29) is 23.1 Å². The fourth-order valence-corrected chi connectivity index (χ4v) is 3.11. The smallest absolute Gasteiger partial charge is 0.430 e. The fourth-order valence-electron chi connectivity index (χ4n) is 3.11. The van der Waals surface area contributed by atoms with Crippen LogP contribution in [0.25, 0.3) is 10.8 Å². The van der Waals surface area contributed by atoms with E-state index in [0.717, 1.165) is 6.07 Å². The van der Waals surface area contributed by atoms with E-state index >= 15 is 0 Å². The third-order valence-electron chi connectivity index (χ3n) is 4.91. The number of ether oxygens (including phenoxy) is 1. The quantitative estimate of drug-likeness (QED) is 0.438. The van der Waals surface area contributed by atoms with Crippen molar-refractivity contribution in [1.82, 2.24) is 5.32 Å². The third kappa shape index (κ3) is 5.01. The number of alkyl halides is 6. The summed E-state index contributed by atoms with van der Waals surface area (Å²) < 4.78 is 97.0. The van der Waals surface area contributed by atoms with Gasteiger partial charge in [0.25, 0.3) is 11.5 Å². The van der Waals surface area contributed by atoms with Gasteiger partial charge in [0, 0.05) is 12.1 Å². The Morgan fingerprint density at radius 3 is 2.09 bits per heavy atom. The van der Waals surface area contributed by atoms with Gasteiger partial charge >= 0.3 is 12.4 Å². The van der Waals surface area contributed by atoms with E-state index in [4.69, 9.17) is 4.74 Å². The molecule has 12 heteroatoms. The summed E-state index contributed by atoms with van der Waals surface area (Å²) in [5.41, 5.74) is -6.42. The molecule has 1 amide bonds. The van der Waals surface area contributed by atoms with Crippen molar-refractivity contribution in [2.75, 3.05) is 6.61 Å². The maximum atomic E-state index is 13.1. The molecule has 0 aliphatic heterocycles. The SMILES string of the molecule is O=C(COc1ccc2cc(C(O)(C(F)(F)F)C(F)(F)F)c(O)cc2c1)NCc1ccc(F)cc1. The molecule has 0 aromatic heterocycles. The second-order valence-electron chi connectivity index (χ2n) is 7.28. The van der Waals surface area contributed by atoms with Crippen LogP contribution < -0.4 is 10.1 Å². The Balaban J connectivity index is 1.76. The zero-order valence-electron chi connectivity index (χ0n) is 17.0. The molecule has 0 aliphatic rings. The van der Waals surface area contributed by atoms with Crippen LogP contribution in [-0.4, -0.2) is 35.1 Å². The van der Waals surface area contributed by atoms with Gasteiger partial charge in [-0.05, 0) is 52.7 Å². The Kier molecular flexibility index (Phi) is 6.65. The Bertz CT molecular complexity index is 1180. The first-order valence-electron chi connectivity index (χ1n) is 9.49. The number of halogens is 7. The van der Waals surface area contributed by atoms with Gasteiger partial charge in [-0.1, -0.05) is 18.2 Å². The second kappa shape index (κ2) is 9.01. The summed E-state index contributed by atoms with van der Waals surface area (Å²) in [6.07, 6.45) is -12.3. The molecular formula is C22H16F7NO4. The lowest BCUT2D eigenvalue weighted by Gasteiger charge is -2.33. The first-order valence-corrected chi connectivity index (χ1v) is 9.49. The summed E-state index contributed by atoms with van der Waals surface area (Å²) in [7, 11) is 0. The lowest BCUT2D eigenvalue weighted by molar-refractivity contribution is -0.376. The van der Waals surface area contributed by atoms with Gasteiger partial charge in [-0.25, -0.2) is 4.39 Å². The fraction of sp³-hybridized carbons (Fsp3) is 0.227. The molecule has 0 saturated heterocycles. The zero-order valence-corrected chi connectivity index (χ0v) is 17.0. The predicted molar refractivity (Wildman–Crippen MR) is 105 cm³/mol. The molecule has 0 unspecified atom stereocenters. The van der Waals surface area contributed by atoms with Gasteiger partial charge in [0.05, 0.1) is 0 Å².